The number of hydrogen-bond acceptors (Lipinski definition) is 5. The summed E-state index contributed by atoms with van der Waals surface area (Å²) in [5, 5.41) is 3.62. The van der Waals surface area contributed by atoms with E-state index in [-0.39, 0.29) is 16.7 Å². The zero-order chi connectivity index (χ0) is 39.1. The number of para-hydroxylation sites is 2. The van der Waals surface area contributed by atoms with Gasteiger partial charge in [0, 0.05) is 21.7 Å². The molecule has 1 atom stereocenters. The Balaban J connectivity index is 1.21. The minimum Gasteiger partial charge on any atom is -0.440 e. The number of hydrogen-bond donors (Lipinski definition) is 0. The van der Waals surface area contributed by atoms with Crippen molar-refractivity contribution in [2.45, 2.75) is 84.0 Å². The van der Waals surface area contributed by atoms with Crippen LogP contribution in [0.1, 0.15) is 94.9 Å². The molecule has 0 saturated carbocycles. The fourth-order valence-corrected chi connectivity index (χ4v) is 8.81. The lowest BCUT2D eigenvalue weighted by Gasteiger charge is -2.19. The van der Waals surface area contributed by atoms with Crippen molar-refractivity contribution in [3.63, 3.8) is 0 Å². The highest BCUT2D eigenvalue weighted by atomic mass is 16.3. The monoisotopic (exact) mass is 745 g/mol. The van der Waals surface area contributed by atoms with E-state index in [9.17, 15) is 0 Å². The highest BCUT2D eigenvalue weighted by molar-refractivity contribution is 5.93. The Morgan fingerprint density at radius 2 is 1.25 bits per heavy atom. The second kappa shape index (κ2) is 13.2. The molecule has 10 rings (SSSR count). The molecule has 0 amide bonds. The average Bonchev–Trinajstić information content (AvgIpc) is 3.75. The van der Waals surface area contributed by atoms with E-state index in [4.69, 9.17) is 24.4 Å². The minimum absolute atomic E-state index is 0.00901. The topological polar surface area (TPSA) is 69.6 Å². The van der Waals surface area contributed by atoms with Gasteiger partial charge in [-0.05, 0) is 82.0 Å². The smallest absolute Gasteiger partial charge is 0.238 e. The molecule has 1 unspecified atom stereocenters. The molecular weight excluding hydrogens is 699 g/mol. The predicted molar refractivity (Wildman–Crippen MR) is 232 cm³/mol. The summed E-state index contributed by atoms with van der Waals surface area (Å²) < 4.78 is 8.81. The van der Waals surface area contributed by atoms with Crippen molar-refractivity contribution in [3.8, 4) is 39.9 Å². The minimum atomic E-state index is 0.00901. The number of fused-ring (bicyclic) bond motifs is 8. The zero-order valence-electron chi connectivity index (χ0n) is 33.6. The Kier molecular flexibility index (Phi) is 8.19. The van der Waals surface area contributed by atoms with Gasteiger partial charge in [-0.1, -0.05) is 151 Å². The number of aromatic nitrogens is 5. The quantitative estimate of drug-likeness (QED) is 0.179. The van der Waals surface area contributed by atoms with Gasteiger partial charge in [0.15, 0.2) is 17.2 Å². The van der Waals surface area contributed by atoms with E-state index in [1.807, 2.05) is 24.3 Å². The van der Waals surface area contributed by atoms with Crippen LogP contribution >= 0.6 is 0 Å². The summed E-state index contributed by atoms with van der Waals surface area (Å²) in [6.07, 6.45) is 8.41. The molecule has 0 aliphatic heterocycles. The fraction of sp³-hybridized carbons (Fsp3) is 0.255. The molecule has 0 spiro atoms. The molecule has 5 aromatic carbocycles. The van der Waals surface area contributed by atoms with Crippen molar-refractivity contribution in [2.24, 2.45) is 0 Å². The Morgan fingerprint density at radius 3 is 1.91 bits per heavy atom. The molecule has 8 aromatic rings. The lowest BCUT2D eigenvalue weighted by atomic mass is 9.86. The third-order valence-corrected chi connectivity index (χ3v) is 11.9. The maximum absolute atomic E-state index is 6.47. The number of benzene rings is 5. The van der Waals surface area contributed by atoms with Crippen molar-refractivity contribution in [3.05, 3.63) is 148 Å². The van der Waals surface area contributed by atoms with E-state index in [1.54, 1.807) is 0 Å². The first-order valence-corrected chi connectivity index (χ1v) is 20.3. The van der Waals surface area contributed by atoms with Crippen molar-refractivity contribution in [1.82, 2.24) is 24.5 Å². The molecule has 0 bridgehead atoms. The number of rotatable bonds is 4. The van der Waals surface area contributed by atoms with Crippen LogP contribution in [0.25, 0.3) is 74.0 Å². The SMILES string of the molecule is CC(C)(C)c1ccc(-c2nc(-c3ccc(C(C)(C)C)cc3)nc(-n3c4c(c5ccc6c(c53)CCC(c3nc5ccccc5o3)c3ccccc3-6)=CCCC=4)n2)cc1. The first-order valence-electron chi connectivity index (χ1n) is 20.3. The van der Waals surface area contributed by atoms with E-state index in [1.165, 1.54) is 44.0 Å². The maximum Gasteiger partial charge on any atom is 0.238 e. The van der Waals surface area contributed by atoms with Crippen molar-refractivity contribution >= 4 is 34.2 Å². The molecule has 0 N–H and O–H groups in total. The van der Waals surface area contributed by atoms with Crippen molar-refractivity contribution in [2.75, 3.05) is 0 Å². The second-order valence-electron chi connectivity index (χ2n) is 17.7. The second-order valence-corrected chi connectivity index (χ2v) is 17.7. The molecule has 0 fully saturated rings. The Labute approximate surface area is 333 Å². The van der Waals surface area contributed by atoms with E-state index in [0.29, 0.717) is 17.6 Å². The van der Waals surface area contributed by atoms with Crippen LogP contribution in [0.5, 0.6) is 0 Å². The summed E-state index contributed by atoms with van der Waals surface area (Å²) in [4.78, 5) is 20.9. The van der Waals surface area contributed by atoms with Gasteiger partial charge in [-0.15, -0.1) is 0 Å². The van der Waals surface area contributed by atoms with Crippen molar-refractivity contribution in [1.29, 1.82) is 0 Å². The molecule has 6 heteroatoms. The van der Waals surface area contributed by atoms with E-state index in [2.05, 4.69) is 143 Å². The number of oxazole rings is 1. The molecule has 0 radical (unpaired) electrons. The predicted octanol–water partition coefficient (Wildman–Crippen LogP) is 11.0. The molecule has 2 aliphatic rings. The summed E-state index contributed by atoms with van der Waals surface area (Å²) >= 11 is 0. The maximum atomic E-state index is 6.47. The van der Waals surface area contributed by atoms with Gasteiger partial charge in [0.25, 0.3) is 0 Å². The van der Waals surface area contributed by atoms with Crippen LogP contribution in [-0.4, -0.2) is 24.5 Å². The van der Waals surface area contributed by atoms with Crippen molar-refractivity contribution < 1.29 is 4.42 Å². The molecule has 0 saturated heterocycles. The first kappa shape index (κ1) is 35.3. The van der Waals surface area contributed by atoms with Gasteiger partial charge >= 0.3 is 0 Å². The van der Waals surface area contributed by atoms with E-state index >= 15 is 0 Å². The summed E-state index contributed by atoms with van der Waals surface area (Å²) in [6, 6.07) is 39.0. The number of aryl methyl sites for hydroxylation is 1. The van der Waals surface area contributed by atoms with E-state index < -0.39 is 0 Å². The fourth-order valence-electron chi connectivity index (χ4n) is 8.81. The third kappa shape index (κ3) is 6.10. The van der Waals surface area contributed by atoms with Crippen LogP contribution in [0.15, 0.2) is 114 Å². The highest BCUT2D eigenvalue weighted by Gasteiger charge is 2.30. The Hall–Kier alpha value is -6.14. The van der Waals surface area contributed by atoms with Gasteiger partial charge in [0.1, 0.15) is 5.52 Å². The standard InChI is InChI=1S/C51H47N5O/c1-50(2,3)33-23-19-31(20-24-33)46-53-47(32-21-25-34(26-22-32)51(4,5)6)55-49(54-46)56-43-17-11-9-15-38(43)40-28-27-37-35-13-7-8-14-36(35)41(30-29-39(37)45(40)56)48-52-42-16-10-12-18-44(42)57-48/h7-8,10,12-28,41H,9,11,29-30H2,1-6H3. The Bertz CT molecular complexity index is 2860. The molecule has 6 nitrogen and oxygen atoms in total. The Morgan fingerprint density at radius 1 is 0.614 bits per heavy atom. The van der Waals surface area contributed by atoms with Gasteiger partial charge in [0.2, 0.25) is 11.8 Å². The summed E-state index contributed by atoms with van der Waals surface area (Å²) in [6.45, 7) is 13.5. The molecule has 57 heavy (non-hydrogen) atoms. The molecular formula is C51H47N5O. The molecule has 2 aliphatic carbocycles. The normalized spacial score (nSPS) is 15.4. The lowest BCUT2D eigenvalue weighted by molar-refractivity contribution is 0.487. The summed E-state index contributed by atoms with van der Waals surface area (Å²) in [5.41, 5.74) is 12.4. The third-order valence-electron chi connectivity index (χ3n) is 11.9. The van der Waals surface area contributed by atoms with Crippen LogP contribution in [-0.2, 0) is 17.3 Å². The highest BCUT2D eigenvalue weighted by Crippen LogP contribution is 2.44. The van der Waals surface area contributed by atoms with Gasteiger partial charge in [-0.25, -0.2) is 9.97 Å². The summed E-state index contributed by atoms with van der Waals surface area (Å²) in [5.74, 6) is 2.73. The molecule has 3 aromatic heterocycles. The largest absolute Gasteiger partial charge is 0.440 e. The van der Waals surface area contributed by atoms with Crippen LogP contribution < -0.4 is 10.6 Å². The van der Waals surface area contributed by atoms with Crippen LogP contribution in [0.4, 0.5) is 0 Å². The van der Waals surface area contributed by atoms with Crippen LogP contribution in [0.2, 0.25) is 0 Å². The average molecular weight is 746 g/mol. The van der Waals surface area contributed by atoms with Gasteiger partial charge in [-0.3, -0.25) is 4.57 Å². The zero-order valence-corrected chi connectivity index (χ0v) is 33.6. The van der Waals surface area contributed by atoms with Gasteiger partial charge in [0.05, 0.1) is 16.8 Å². The van der Waals surface area contributed by atoms with Gasteiger partial charge in [-0.2, -0.15) is 9.97 Å². The van der Waals surface area contributed by atoms with E-state index in [0.717, 1.165) is 64.7 Å². The van der Waals surface area contributed by atoms with Crippen LogP contribution in [0.3, 0.4) is 0 Å². The molecule has 3 heterocycles. The summed E-state index contributed by atoms with van der Waals surface area (Å²) in [7, 11) is 0. The van der Waals surface area contributed by atoms with Gasteiger partial charge < -0.3 is 4.42 Å². The lowest BCUT2D eigenvalue weighted by Crippen LogP contribution is -2.31. The van der Waals surface area contributed by atoms with Crippen LogP contribution in [0, 0.1) is 0 Å². The first-order chi connectivity index (χ1) is 27.5. The molecule has 282 valence electrons. The number of nitrogens with zero attached hydrogens (tertiary/aromatic N) is 5.